The Morgan fingerprint density at radius 3 is 2.46 bits per heavy atom. The molecule has 0 spiro atoms. The minimum absolute atomic E-state index is 0.249. The lowest BCUT2D eigenvalue weighted by atomic mass is 10.4. The summed E-state index contributed by atoms with van der Waals surface area (Å²) in [5.74, 6) is 4.48. The molecular weight excluding hydrogens is 176 g/mol. The van der Waals surface area contributed by atoms with E-state index in [0.717, 1.165) is 5.01 Å². The van der Waals surface area contributed by atoms with Gasteiger partial charge in [-0.25, -0.2) is 20.4 Å². The van der Waals surface area contributed by atoms with Crippen LogP contribution >= 0.6 is 0 Å². The average Bonchev–Trinajstić information content (AvgIpc) is 2.04. The Kier molecular flexibility index (Phi) is 4.83. The zero-order chi connectivity index (χ0) is 10.4. The largest absolute Gasteiger partial charge is 0.463 e. The van der Waals surface area contributed by atoms with Crippen molar-refractivity contribution in [2.45, 2.75) is 20.0 Å². The smallest absolute Gasteiger partial charge is 0.424 e. The number of hydrogen-bond acceptors (Lipinski definition) is 5. The van der Waals surface area contributed by atoms with Gasteiger partial charge in [0.2, 0.25) is 0 Å². The van der Waals surface area contributed by atoms with Gasteiger partial charge < -0.3 is 9.47 Å². The zero-order valence-corrected chi connectivity index (χ0v) is 7.94. The van der Waals surface area contributed by atoms with Crippen LogP contribution in [0.2, 0.25) is 0 Å². The molecule has 0 rings (SSSR count). The Labute approximate surface area is 76.5 Å². The van der Waals surface area contributed by atoms with E-state index in [4.69, 9.17) is 5.84 Å². The van der Waals surface area contributed by atoms with Crippen molar-refractivity contribution in [1.29, 1.82) is 0 Å². The molecule has 0 radical (unpaired) electrons. The van der Waals surface area contributed by atoms with Crippen molar-refractivity contribution in [3.05, 3.63) is 0 Å². The average molecular weight is 190 g/mol. The minimum atomic E-state index is -0.932. The van der Waals surface area contributed by atoms with E-state index < -0.39 is 18.2 Å². The summed E-state index contributed by atoms with van der Waals surface area (Å²) < 4.78 is 9.22. The molecule has 0 saturated heterocycles. The van der Waals surface area contributed by atoms with Gasteiger partial charge in [0, 0.05) is 7.05 Å². The standard InChI is InChI=1S/C7H14N2O4/c1-4-12-6(10)5(2)13-7(11)9(3)8/h5H,4,8H2,1-3H3. The summed E-state index contributed by atoms with van der Waals surface area (Å²) in [5, 5.41) is 0.746. The molecule has 0 aromatic rings. The Hall–Kier alpha value is -1.30. The Morgan fingerprint density at radius 2 is 2.08 bits per heavy atom. The van der Waals surface area contributed by atoms with E-state index >= 15 is 0 Å². The van der Waals surface area contributed by atoms with Crippen molar-refractivity contribution < 1.29 is 19.1 Å². The quantitative estimate of drug-likeness (QED) is 0.290. The number of hydrogen-bond donors (Lipinski definition) is 1. The van der Waals surface area contributed by atoms with Crippen molar-refractivity contribution >= 4 is 12.1 Å². The van der Waals surface area contributed by atoms with Gasteiger partial charge in [0.25, 0.3) is 0 Å². The normalized spacial score (nSPS) is 11.7. The fraction of sp³-hybridized carbons (Fsp3) is 0.714. The van der Waals surface area contributed by atoms with Crippen molar-refractivity contribution in [3.63, 3.8) is 0 Å². The second-order valence-corrected chi connectivity index (χ2v) is 2.39. The summed E-state index contributed by atoms with van der Waals surface area (Å²) in [4.78, 5) is 21.8. The lowest BCUT2D eigenvalue weighted by Gasteiger charge is -2.15. The molecule has 0 saturated carbocycles. The van der Waals surface area contributed by atoms with Gasteiger partial charge in [0.15, 0.2) is 6.10 Å². The molecule has 0 fully saturated rings. The molecule has 13 heavy (non-hydrogen) atoms. The van der Waals surface area contributed by atoms with Gasteiger partial charge in [-0.05, 0) is 13.8 Å². The van der Waals surface area contributed by atoms with Gasteiger partial charge in [-0.1, -0.05) is 0 Å². The number of carbonyl (C=O) groups is 2. The molecule has 6 nitrogen and oxygen atoms in total. The van der Waals surface area contributed by atoms with E-state index in [1.807, 2.05) is 0 Å². The van der Waals surface area contributed by atoms with Gasteiger partial charge >= 0.3 is 12.1 Å². The van der Waals surface area contributed by atoms with Gasteiger partial charge in [-0.3, -0.25) is 0 Å². The fourth-order valence-electron chi connectivity index (χ4n) is 0.542. The molecule has 76 valence electrons. The van der Waals surface area contributed by atoms with E-state index in [1.165, 1.54) is 14.0 Å². The molecular formula is C7H14N2O4. The van der Waals surface area contributed by atoms with Crippen LogP contribution < -0.4 is 5.84 Å². The molecule has 0 aromatic heterocycles. The van der Waals surface area contributed by atoms with E-state index in [2.05, 4.69) is 9.47 Å². The molecule has 0 aliphatic carbocycles. The lowest BCUT2D eigenvalue weighted by Crippen LogP contribution is -2.38. The summed E-state index contributed by atoms with van der Waals surface area (Å²) in [6, 6.07) is 0. The SMILES string of the molecule is CCOC(=O)C(C)OC(=O)N(C)N. The van der Waals surface area contributed by atoms with Crippen LogP contribution in [0.15, 0.2) is 0 Å². The van der Waals surface area contributed by atoms with E-state index in [1.54, 1.807) is 6.92 Å². The number of carbonyl (C=O) groups excluding carboxylic acids is 2. The fourth-order valence-corrected chi connectivity index (χ4v) is 0.542. The topological polar surface area (TPSA) is 81.9 Å². The maximum absolute atomic E-state index is 10.9. The van der Waals surface area contributed by atoms with Crippen molar-refractivity contribution in [3.8, 4) is 0 Å². The number of nitrogens with two attached hydrogens (primary N) is 1. The summed E-state index contributed by atoms with van der Waals surface area (Å²) in [6.45, 7) is 3.33. The molecule has 1 unspecified atom stereocenters. The molecule has 0 aliphatic heterocycles. The number of amides is 1. The third kappa shape index (κ3) is 4.32. The van der Waals surface area contributed by atoms with Crippen LogP contribution in [0.25, 0.3) is 0 Å². The Balaban J connectivity index is 3.92. The second kappa shape index (κ2) is 5.36. The summed E-state index contributed by atoms with van der Waals surface area (Å²) in [5.41, 5.74) is 0. The summed E-state index contributed by atoms with van der Waals surface area (Å²) >= 11 is 0. The molecule has 0 aromatic carbocycles. The van der Waals surface area contributed by atoms with Gasteiger partial charge in [-0.2, -0.15) is 0 Å². The highest BCUT2D eigenvalue weighted by Gasteiger charge is 2.19. The number of hydrazine groups is 1. The first-order chi connectivity index (χ1) is 5.99. The lowest BCUT2D eigenvalue weighted by molar-refractivity contribution is -0.152. The number of ether oxygens (including phenoxy) is 2. The van der Waals surface area contributed by atoms with Crippen LogP contribution in [-0.2, 0) is 14.3 Å². The second-order valence-electron chi connectivity index (χ2n) is 2.39. The number of rotatable bonds is 3. The minimum Gasteiger partial charge on any atom is -0.463 e. The van der Waals surface area contributed by atoms with Crippen LogP contribution in [0.5, 0.6) is 0 Å². The van der Waals surface area contributed by atoms with Crippen molar-refractivity contribution in [2.75, 3.05) is 13.7 Å². The molecule has 1 amide bonds. The van der Waals surface area contributed by atoms with Crippen LogP contribution in [0.4, 0.5) is 4.79 Å². The van der Waals surface area contributed by atoms with Gasteiger partial charge in [0.05, 0.1) is 6.61 Å². The predicted octanol–water partition coefficient (Wildman–Crippen LogP) is -0.120. The van der Waals surface area contributed by atoms with Crippen molar-refractivity contribution in [1.82, 2.24) is 5.01 Å². The zero-order valence-electron chi connectivity index (χ0n) is 7.94. The van der Waals surface area contributed by atoms with Gasteiger partial charge in [0.1, 0.15) is 0 Å². The molecule has 2 N–H and O–H groups in total. The third-order valence-electron chi connectivity index (χ3n) is 1.18. The first kappa shape index (κ1) is 11.7. The highest BCUT2D eigenvalue weighted by atomic mass is 16.6. The molecule has 0 aliphatic rings. The molecule has 0 bridgehead atoms. The van der Waals surface area contributed by atoms with Gasteiger partial charge in [-0.15, -0.1) is 0 Å². The highest BCUT2D eigenvalue weighted by Crippen LogP contribution is 1.96. The first-order valence-corrected chi connectivity index (χ1v) is 3.84. The molecule has 0 heterocycles. The van der Waals surface area contributed by atoms with Crippen LogP contribution in [0, 0.1) is 0 Å². The third-order valence-corrected chi connectivity index (χ3v) is 1.18. The van der Waals surface area contributed by atoms with Crippen LogP contribution in [0.3, 0.4) is 0 Å². The Bertz CT molecular complexity index is 193. The number of esters is 1. The van der Waals surface area contributed by atoms with E-state index in [0.29, 0.717) is 0 Å². The maximum Gasteiger partial charge on any atom is 0.424 e. The molecule has 6 heteroatoms. The van der Waals surface area contributed by atoms with Crippen molar-refractivity contribution in [2.24, 2.45) is 5.84 Å². The predicted molar refractivity (Wildman–Crippen MR) is 44.5 cm³/mol. The molecule has 1 atom stereocenters. The summed E-state index contributed by atoms with van der Waals surface area (Å²) in [7, 11) is 1.32. The maximum atomic E-state index is 10.9. The van der Waals surface area contributed by atoms with E-state index in [-0.39, 0.29) is 6.61 Å². The Morgan fingerprint density at radius 1 is 1.54 bits per heavy atom. The highest BCUT2D eigenvalue weighted by molar-refractivity contribution is 5.78. The summed E-state index contributed by atoms with van der Waals surface area (Å²) in [6.07, 6.45) is -1.71. The van der Waals surface area contributed by atoms with E-state index in [9.17, 15) is 9.59 Å². The number of nitrogens with zero attached hydrogens (tertiary/aromatic N) is 1. The van der Waals surface area contributed by atoms with Crippen LogP contribution in [0.1, 0.15) is 13.8 Å². The first-order valence-electron chi connectivity index (χ1n) is 3.84. The van der Waals surface area contributed by atoms with Crippen LogP contribution in [-0.4, -0.2) is 36.8 Å². The monoisotopic (exact) mass is 190 g/mol.